The van der Waals surface area contributed by atoms with Crippen LogP contribution in [0.25, 0.3) is 0 Å². The van der Waals surface area contributed by atoms with Gasteiger partial charge in [0, 0.05) is 57.7 Å². The monoisotopic (exact) mass is 423 g/mol. The van der Waals surface area contributed by atoms with Crippen LogP contribution in [0.3, 0.4) is 0 Å². The van der Waals surface area contributed by atoms with E-state index >= 15 is 0 Å². The third-order valence-electron chi connectivity index (χ3n) is 5.44. The van der Waals surface area contributed by atoms with Gasteiger partial charge in [0.1, 0.15) is 0 Å². The molecule has 0 spiro atoms. The van der Waals surface area contributed by atoms with Crippen molar-refractivity contribution >= 4 is 11.7 Å². The van der Waals surface area contributed by atoms with Gasteiger partial charge in [-0.05, 0) is 17.7 Å². The molecule has 10 heteroatoms. The van der Waals surface area contributed by atoms with E-state index in [0.717, 1.165) is 43.7 Å². The lowest BCUT2D eigenvalue weighted by atomic mass is 10.1. The maximum atomic E-state index is 12.7. The van der Waals surface area contributed by atoms with Gasteiger partial charge in [-0.25, -0.2) is 4.79 Å². The summed E-state index contributed by atoms with van der Waals surface area (Å²) in [5, 5.41) is 3.58. The topological polar surface area (TPSA) is 53.8 Å². The van der Waals surface area contributed by atoms with E-state index in [-0.39, 0.29) is 0 Å². The Hall–Kier alpha value is -2.59. The average Bonchev–Trinajstić information content (AvgIpc) is 3.26. The van der Waals surface area contributed by atoms with Gasteiger partial charge in [0.05, 0.1) is 25.0 Å². The fraction of sp³-hybridized carbons (Fsp3) is 0.500. The van der Waals surface area contributed by atoms with Crippen LogP contribution < -0.4 is 4.90 Å². The normalized spacial score (nSPS) is 18.6. The predicted octanol–water partition coefficient (Wildman–Crippen LogP) is 2.52. The van der Waals surface area contributed by atoms with Gasteiger partial charge in [-0.3, -0.25) is 4.90 Å². The first-order valence-corrected chi connectivity index (χ1v) is 9.95. The Morgan fingerprint density at radius 2 is 1.80 bits per heavy atom. The van der Waals surface area contributed by atoms with E-state index < -0.39 is 17.8 Å². The Balaban J connectivity index is 1.31. The molecule has 3 heterocycles. The van der Waals surface area contributed by atoms with E-state index in [0.29, 0.717) is 32.4 Å². The van der Waals surface area contributed by atoms with Crippen LogP contribution >= 0.6 is 0 Å². The highest BCUT2D eigenvalue weighted by molar-refractivity contribution is 5.76. The fourth-order valence-electron chi connectivity index (χ4n) is 3.75. The Kier molecular flexibility index (Phi) is 5.96. The zero-order valence-electron chi connectivity index (χ0n) is 16.5. The minimum Gasteiger partial charge on any atom is -0.378 e. The average molecular weight is 423 g/mol. The van der Waals surface area contributed by atoms with Gasteiger partial charge in [-0.15, -0.1) is 0 Å². The molecular formula is C20H24F3N5O2. The number of benzene rings is 1. The highest BCUT2D eigenvalue weighted by Crippen LogP contribution is 2.28. The summed E-state index contributed by atoms with van der Waals surface area (Å²) in [6.45, 7) is 6.21. The molecule has 1 aromatic carbocycles. The molecule has 0 N–H and O–H groups in total. The molecule has 30 heavy (non-hydrogen) atoms. The van der Waals surface area contributed by atoms with E-state index in [1.807, 2.05) is 0 Å². The van der Waals surface area contributed by atoms with Crippen molar-refractivity contribution in [1.29, 1.82) is 0 Å². The number of anilines is 1. The van der Waals surface area contributed by atoms with Crippen molar-refractivity contribution < 1.29 is 22.7 Å². The van der Waals surface area contributed by atoms with E-state index in [9.17, 15) is 18.0 Å². The largest absolute Gasteiger partial charge is 0.419 e. The van der Waals surface area contributed by atoms with Gasteiger partial charge in [-0.1, -0.05) is 12.1 Å². The highest BCUT2D eigenvalue weighted by Gasteiger charge is 2.33. The van der Waals surface area contributed by atoms with Crippen LogP contribution in [0.4, 0.5) is 23.7 Å². The number of hydrogen-bond acceptors (Lipinski definition) is 5. The zero-order valence-corrected chi connectivity index (χ0v) is 16.5. The first-order valence-electron chi connectivity index (χ1n) is 9.95. The molecule has 0 atom stereocenters. The number of ether oxygens (including phenoxy) is 1. The lowest BCUT2D eigenvalue weighted by Gasteiger charge is -2.34. The molecule has 0 bridgehead atoms. The van der Waals surface area contributed by atoms with Crippen molar-refractivity contribution in [3.63, 3.8) is 0 Å². The molecule has 1 amide bonds. The SMILES string of the molecule is O=C(N1CCN(Cc2cccc(N3CCOCC3)c2)CC1)n1cc(C(F)(F)F)cn1. The van der Waals surface area contributed by atoms with Crippen LogP contribution in [0.15, 0.2) is 36.7 Å². The lowest BCUT2D eigenvalue weighted by Crippen LogP contribution is -2.49. The fourth-order valence-corrected chi connectivity index (χ4v) is 3.75. The maximum absolute atomic E-state index is 12.7. The number of alkyl halides is 3. The Bertz CT molecular complexity index is 871. The number of aromatic nitrogens is 2. The minimum absolute atomic E-state index is 0.448. The van der Waals surface area contributed by atoms with E-state index in [1.165, 1.54) is 16.2 Å². The molecule has 0 radical (unpaired) electrons. The van der Waals surface area contributed by atoms with Gasteiger partial charge >= 0.3 is 12.2 Å². The number of morpholine rings is 1. The number of amides is 1. The molecule has 4 rings (SSSR count). The van der Waals surface area contributed by atoms with E-state index in [2.05, 4.69) is 39.2 Å². The van der Waals surface area contributed by atoms with E-state index in [1.54, 1.807) is 0 Å². The van der Waals surface area contributed by atoms with Crippen LogP contribution in [0, 0.1) is 0 Å². The molecule has 2 aliphatic rings. The summed E-state index contributed by atoms with van der Waals surface area (Å²) in [6.07, 6.45) is -3.09. The number of carbonyl (C=O) groups excluding carboxylic acids is 1. The van der Waals surface area contributed by atoms with Crippen LogP contribution in [0.5, 0.6) is 0 Å². The Labute approximate surface area is 172 Å². The summed E-state index contributed by atoms with van der Waals surface area (Å²) < 4.78 is 44.3. The van der Waals surface area contributed by atoms with Crippen molar-refractivity contribution in [3.05, 3.63) is 47.8 Å². The van der Waals surface area contributed by atoms with Gasteiger partial charge in [0.2, 0.25) is 0 Å². The Morgan fingerprint density at radius 1 is 1.07 bits per heavy atom. The second-order valence-electron chi connectivity index (χ2n) is 7.49. The molecule has 2 saturated heterocycles. The number of halogens is 3. The van der Waals surface area contributed by atoms with Crippen molar-refractivity contribution in [2.24, 2.45) is 0 Å². The molecule has 2 aromatic rings. The predicted molar refractivity (Wildman–Crippen MR) is 104 cm³/mol. The molecule has 0 saturated carbocycles. The highest BCUT2D eigenvalue weighted by atomic mass is 19.4. The molecule has 2 fully saturated rings. The second-order valence-corrected chi connectivity index (χ2v) is 7.49. The van der Waals surface area contributed by atoms with E-state index in [4.69, 9.17) is 4.74 Å². The van der Waals surface area contributed by atoms with Crippen molar-refractivity contribution in [3.8, 4) is 0 Å². The van der Waals surface area contributed by atoms with Gasteiger partial charge in [0.25, 0.3) is 0 Å². The van der Waals surface area contributed by atoms with Gasteiger partial charge < -0.3 is 14.5 Å². The molecule has 0 aliphatic carbocycles. The van der Waals surface area contributed by atoms with Gasteiger partial charge in [0.15, 0.2) is 0 Å². The molecule has 0 unspecified atom stereocenters. The number of nitrogens with zero attached hydrogens (tertiary/aromatic N) is 5. The summed E-state index contributed by atoms with van der Waals surface area (Å²) in [6, 6.07) is 7.90. The summed E-state index contributed by atoms with van der Waals surface area (Å²) in [7, 11) is 0. The second kappa shape index (κ2) is 8.65. The first kappa shape index (κ1) is 20.7. The molecule has 2 aliphatic heterocycles. The number of hydrogen-bond donors (Lipinski definition) is 0. The lowest BCUT2D eigenvalue weighted by molar-refractivity contribution is -0.137. The van der Waals surface area contributed by atoms with Crippen molar-refractivity contribution in [1.82, 2.24) is 19.6 Å². The zero-order chi connectivity index (χ0) is 21.1. The molecule has 162 valence electrons. The quantitative estimate of drug-likeness (QED) is 0.760. The summed E-state index contributed by atoms with van der Waals surface area (Å²) >= 11 is 0. The molecule has 7 nitrogen and oxygen atoms in total. The summed E-state index contributed by atoms with van der Waals surface area (Å²) in [5.74, 6) is 0. The Morgan fingerprint density at radius 3 is 2.47 bits per heavy atom. The molecular weight excluding hydrogens is 399 g/mol. The number of rotatable bonds is 3. The van der Waals surface area contributed by atoms with Crippen LogP contribution in [-0.4, -0.2) is 78.1 Å². The van der Waals surface area contributed by atoms with Crippen molar-refractivity contribution in [2.45, 2.75) is 12.7 Å². The summed E-state index contributed by atoms with van der Waals surface area (Å²) in [5.41, 5.74) is 1.46. The van der Waals surface area contributed by atoms with Gasteiger partial charge in [-0.2, -0.15) is 23.0 Å². The number of carbonyl (C=O) groups is 1. The maximum Gasteiger partial charge on any atom is 0.419 e. The third-order valence-corrected chi connectivity index (χ3v) is 5.44. The van der Waals surface area contributed by atoms with Crippen LogP contribution in [-0.2, 0) is 17.5 Å². The minimum atomic E-state index is -4.51. The standard InChI is InChI=1S/C20H24F3N5O2/c21-20(22,23)17-13-24-28(15-17)19(29)27-6-4-25(5-7-27)14-16-2-1-3-18(12-16)26-8-10-30-11-9-26/h1-3,12-13,15H,4-11,14H2. The van der Waals surface area contributed by atoms with Crippen LogP contribution in [0.2, 0.25) is 0 Å². The smallest absolute Gasteiger partial charge is 0.378 e. The molecule has 1 aromatic heterocycles. The van der Waals surface area contributed by atoms with Crippen LogP contribution in [0.1, 0.15) is 11.1 Å². The number of piperazine rings is 1. The summed E-state index contributed by atoms with van der Waals surface area (Å²) in [4.78, 5) is 18.5. The first-order chi connectivity index (χ1) is 14.4. The van der Waals surface area contributed by atoms with Crippen molar-refractivity contribution in [2.75, 3.05) is 57.4 Å². The third kappa shape index (κ3) is 4.76.